The standard InChI is InChI=1S/C13H21N3/c1-10-6-7-12(14-3)8-13(10)15-11(2)9-16(4)5/h6-8,14H,9H2,1-5H3/b15-11+. The average Bonchev–Trinajstić information content (AvgIpc) is 2.20. The molecule has 0 saturated carbocycles. The highest BCUT2D eigenvalue weighted by Crippen LogP contribution is 2.23. The number of nitrogens with one attached hydrogen (secondary N) is 1. The summed E-state index contributed by atoms with van der Waals surface area (Å²) < 4.78 is 0. The van der Waals surface area contributed by atoms with E-state index in [4.69, 9.17) is 0 Å². The Hall–Kier alpha value is -1.35. The van der Waals surface area contributed by atoms with Crippen molar-refractivity contribution in [2.75, 3.05) is 33.0 Å². The van der Waals surface area contributed by atoms with Gasteiger partial charge >= 0.3 is 0 Å². The van der Waals surface area contributed by atoms with Gasteiger partial charge in [-0.15, -0.1) is 0 Å². The number of hydrogen-bond donors (Lipinski definition) is 1. The minimum Gasteiger partial charge on any atom is -0.388 e. The lowest BCUT2D eigenvalue weighted by atomic mass is 10.2. The number of benzene rings is 1. The van der Waals surface area contributed by atoms with Crippen LogP contribution < -0.4 is 5.32 Å². The molecule has 0 fully saturated rings. The number of hydrogen-bond acceptors (Lipinski definition) is 3. The second-order valence-electron chi connectivity index (χ2n) is 4.34. The van der Waals surface area contributed by atoms with Gasteiger partial charge in [-0.1, -0.05) is 6.07 Å². The van der Waals surface area contributed by atoms with Crippen molar-refractivity contribution in [3.63, 3.8) is 0 Å². The number of anilines is 1. The van der Waals surface area contributed by atoms with E-state index in [0.29, 0.717) is 0 Å². The summed E-state index contributed by atoms with van der Waals surface area (Å²) in [5.74, 6) is 0. The predicted molar refractivity (Wildman–Crippen MR) is 72.0 cm³/mol. The highest BCUT2D eigenvalue weighted by molar-refractivity contribution is 5.87. The largest absolute Gasteiger partial charge is 0.388 e. The SMILES string of the molecule is CNc1ccc(C)c(/N=C(\C)CN(C)C)c1. The van der Waals surface area contributed by atoms with E-state index in [2.05, 4.69) is 61.4 Å². The molecule has 88 valence electrons. The zero-order valence-corrected chi connectivity index (χ0v) is 10.8. The van der Waals surface area contributed by atoms with E-state index in [0.717, 1.165) is 23.6 Å². The van der Waals surface area contributed by atoms with Gasteiger partial charge in [0.25, 0.3) is 0 Å². The molecule has 0 spiro atoms. The van der Waals surface area contributed by atoms with Gasteiger partial charge in [0.2, 0.25) is 0 Å². The van der Waals surface area contributed by atoms with Crippen LogP contribution in [0.2, 0.25) is 0 Å². The summed E-state index contributed by atoms with van der Waals surface area (Å²) >= 11 is 0. The fraction of sp³-hybridized carbons (Fsp3) is 0.462. The molecule has 0 bridgehead atoms. The molecule has 0 heterocycles. The first kappa shape index (κ1) is 12.7. The Kier molecular flexibility index (Phi) is 4.50. The Morgan fingerprint density at radius 3 is 2.62 bits per heavy atom. The summed E-state index contributed by atoms with van der Waals surface area (Å²) in [6.45, 7) is 5.04. The smallest absolute Gasteiger partial charge is 0.0679 e. The Bertz CT molecular complexity index is 381. The minimum absolute atomic E-state index is 0.892. The maximum Gasteiger partial charge on any atom is 0.0679 e. The summed E-state index contributed by atoms with van der Waals surface area (Å²) in [5.41, 5.74) is 4.48. The molecule has 1 aromatic carbocycles. The fourth-order valence-corrected chi connectivity index (χ4v) is 1.58. The Morgan fingerprint density at radius 1 is 1.38 bits per heavy atom. The van der Waals surface area contributed by atoms with E-state index in [1.165, 1.54) is 5.56 Å². The maximum atomic E-state index is 4.64. The molecular weight excluding hydrogens is 198 g/mol. The molecule has 1 aromatic rings. The molecule has 0 unspecified atom stereocenters. The van der Waals surface area contributed by atoms with E-state index < -0.39 is 0 Å². The summed E-state index contributed by atoms with van der Waals surface area (Å²) in [4.78, 5) is 6.76. The second kappa shape index (κ2) is 5.66. The van der Waals surface area contributed by atoms with Gasteiger partial charge in [-0.05, 0) is 45.6 Å². The number of nitrogens with zero attached hydrogens (tertiary/aromatic N) is 2. The third-order valence-electron chi connectivity index (χ3n) is 2.35. The van der Waals surface area contributed by atoms with Gasteiger partial charge in [0.1, 0.15) is 0 Å². The van der Waals surface area contributed by atoms with Crippen LogP contribution in [0, 0.1) is 6.92 Å². The normalized spacial score (nSPS) is 12.0. The second-order valence-corrected chi connectivity index (χ2v) is 4.34. The van der Waals surface area contributed by atoms with Crippen molar-refractivity contribution in [2.24, 2.45) is 4.99 Å². The highest BCUT2D eigenvalue weighted by atomic mass is 15.1. The minimum atomic E-state index is 0.892. The van der Waals surface area contributed by atoms with Crippen molar-refractivity contribution in [1.29, 1.82) is 0 Å². The van der Waals surface area contributed by atoms with Gasteiger partial charge in [0.05, 0.1) is 5.69 Å². The van der Waals surface area contributed by atoms with Gasteiger partial charge in [-0.3, -0.25) is 4.99 Å². The van der Waals surface area contributed by atoms with Crippen LogP contribution >= 0.6 is 0 Å². The summed E-state index contributed by atoms with van der Waals surface area (Å²) in [6.07, 6.45) is 0. The van der Waals surface area contributed by atoms with Crippen molar-refractivity contribution in [3.05, 3.63) is 23.8 Å². The zero-order valence-electron chi connectivity index (χ0n) is 10.8. The van der Waals surface area contributed by atoms with Crippen LogP contribution in [0.5, 0.6) is 0 Å². The quantitative estimate of drug-likeness (QED) is 0.788. The van der Waals surface area contributed by atoms with Gasteiger partial charge in [-0.2, -0.15) is 0 Å². The number of aliphatic imine (C=N–C) groups is 1. The van der Waals surface area contributed by atoms with Crippen LogP contribution in [0.3, 0.4) is 0 Å². The monoisotopic (exact) mass is 219 g/mol. The molecule has 16 heavy (non-hydrogen) atoms. The summed E-state index contributed by atoms with van der Waals surface area (Å²) in [5, 5.41) is 3.13. The van der Waals surface area contributed by atoms with Crippen molar-refractivity contribution in [3.8, 4) is 0 Å². The van der Waals surface area contributed by atoms with E-state index in [1.54, 1.807) is 0 Å². The van der Waals surface area contributed by atoms with Crippen molar-refractivity contribution in [2.45, 2.75) is 13.8 Å². The van der Waals surface area contributed by atoms with Crippen LogP contribution in [0.25, 0.3) is 0 Å². The molecule has 0 atom stereocenters. The van der Waals surface area contributed by atoms with Crippen molar-refractivity contribution in [1.82, 2.24) is 4.90 Å². The predicted octanol–water partition coefficient (Wildman–Crippen LogP) is 2.69. The average molecular weight is 219 g/mol. The van der Waals surface area contributed by atoms with E-state index in [-0.39, 0.29) is 0 Å². The molecule has 1 N–H and O–H groups in total. The van der Waals surface area contributed by atoms with Gasteiger partial charge in [-0.25, -0.2) is 0 Å². The molecule has 0 aliphatic carbocycles. The lowest BCUT2D eigenvalue weighted by molar-refractivity contribution is 0.469. The van der Waals surface area contributed by atoms with Gasteiger partial charge < -0.3 is 10.2 Å². The molecule has 3 nitrogen and oxygen atoms in total. The molecule has 0 saturated heterocycles. The lowest BCUT2D eigenvalue weighted by Crippen LogP contribution is -2.19. The highest BCUT2D eigenvalue weighted by Gasteiger charge is 2.00. The van der Waals surface area contributed by atoms with Crippen LogP contribution in [-0.2, 0) is 0 Å². The Labute approximate surface area is 98.2 Å². The van der Waals surface area contributed by atoms with Crippen LogP contribution in [0.4, 0.5) is 11.4 Å². The Morgan fingerprint density at radius 2 is 2.06 bits per heavy atom. The number of aryl methyl sites for hydroxylation is 1. The number of rotatable bonds is 4. The van der Waals surface area contributed by atoms with Crippen molar-refractivity contribution >= 4 is 17.1 Å². The topological polar surface area (TPSA) is 27.6 Å². The van der Waals surface area contributed by atoms with Crippen LogP contribution in [0.15, 0.2) is 23.2 Å². The van der Waals surface area contributed by atoms with Crippen LogP contribution in [-0.4, -0.2) is 38.3 Å². The molecule has 0 amide bonds. The van der Waals surface area contributed by atoms with E-state index in [9.17, 15) is 0 Å². The zero-order chi connectivity index (χ0) is 12.1. The fourth-order valence-electron chi connectivity index (χ4n) is 1.58. The molecule has 0 aliphatic rings. The summed E-state index contributed by atoms with van der Waals surface area (Å²) in [7, 11) is 6.02. The molecule has 0 aliphatic heterocycles. The third kappa shape index (κ3) is 3.66. The molecule has 1 rings (SSSR count). The summed E-state index contributed by atoms with van der Waals surface area (Å²) in [6, 6.07) is 6.23. The van der Waals surface area contributed by atoms with Gasteiger partial charge in [0, 0.05) is 25.0 Å². The molecule has 0 aromatic heterocycles. The van der Waals surface area contributed by atoms with E-state index >= 15 is 0 Å². The first-order valence-electron chi connectivity index (χ1n) is 5.50. The van der Waals surface area contributed by atoms with Gasteiger partial charge in [0.15, 0.2) is 0 Å². The first-order valence-corrected chi connectivity index (χ1v) is 5.50. The molecule has 0 radical (unpaired) electrons. The maximum absolute atomic E-state index is 4.64. The first-order chi connectivity index (χ1) is 7.52. The van der Waals surface area contributed by atoms with E-state index in [1.807, 2.05) is 7.05 Å². The van der Waals surface area contributed by atoms with Crippen molar-refractivity contribution < 1.29 is 0 Å². The van der Waals surface area contributed by atoms with Crippen LogP contribution in [0.1, 0.15) is 12.5 Å². The molecular formula is C13H21N3. The lowest BCUT2D eigenvalue weighted by Gasteiger charge is -2.10. The molecule has 3 heteroatoms. The Balaban J connectivity index is 2.94. The third-order valence-corrected chi connectivity index (χ3v) is 2.35.